The van der Waals surface area contributed by atoms with Gasteiger partial charge in [-0.1, -0.05) is 72.6 Å². The summed E-state index contributed by atoms with van der Waals surface area (Å²) in [6, 6.07) is 15.8. The van der Waals surface area contributed by atoms with Gasteiger partial charge in [0.05, 0.1) is 0 Å². The highest BCUT2D eigenvalue weighted by atomic mass is 79.9. The average molecular weight is 473 g/mol. The summed E-state index contributed by atoms with van der Waals surface area (Å²) in [5, 5.41) is 2.96. The van der Waals surface area contributed by atoms with Crippen molar-refractivity contribution in [3.8, 4) is 0 Å². The van der Waals surface area contributed by atoms with Crippen molar-refractivity contribution in [3.05, 3.63) is 69.7 Å². The molecule has 0 saturated carbocycles. The lowest BCUT2D eigenvalue weighted by Gasteiger charge is -2.29. The fraction of sp³-hybridized carbons (Fsp3) is 0.440. The molecule has 2 amide bonds. The summed E-state index contributed by atoms with van der Waals surface area (Å²) in [7, 11) is 0. The normalized spacial score (nSPS) is 11.7. The zero-order valence-electron chi connectivity index (χ0n) is 18.3. The summed E-state index contributed by atoms with van der Waals surface area (Å²) in [5.41, 5.74) is 3.43. The van der Waals surface area contributed by atoms with Crippen LogP contribution in [-0.4, -0.2) is 29.3 Å². The van der Waals surface area contributed by atoms with Crippen molar-refractivity contribution in [2.45, 2.75) is 65.5 Å². The van der Waals surface area contributed by atoms with E-state index in [1.54, 1.807) is 4.90 Å². The molecule has 1 N–H and O–H groups in total. The van der Waals surface area contributed by atoms with Gasteiger partial charge >= 0.3 is 0 Å². The first-order valence-electron chi connectivity index (χ1n) is 10.8. The summed E-state index contributed by atoms with van der Waals surface area (Å²) >= 11 is 3.49. The summed E-state index contributed by atoms with van der Waals surface area (Å²) in [6.45, 7) is 7.09. The van der Waals surface area contributed by atoms with Crippen molar-refractivity contribution in [3.63, 3.8) is 0 Å². The zero-order chi connectivity index (χ0) is 21.9. The number of unbranched alkanes of at least 4 members (excludes halogenated alkanes) is 1. The van der Waals surface area contributed by atoms with E-state index in [2.05, 4.69) is 59.4 Å². The average Bonchev–Trinajstić information content (AvgIpc) is 2.75. The van der Waals surface area contributed by atoms with E-state index >= 15 is 0 Å². The molecule has 0 unspecified atom stereocenters. The summed E-state index contributed by atoms with van der Waals surface area (Å²) in [4.78, 5) is 27.5. The SMILES string of the molecule is CCCCNC(=O)[C@@H](C)N(Cc1cccc(Br)c1)C(=O)CCc1ccc(CC)cc1. The highest BCUT2D eigenvalue weighted by Crippen LogP contribution is 2.17. The Bertz CT molecular complexity index is 820. The predicted octanol–water partition coefficient (Wildman–Crippen LogP) is 5.28. The Morgan fingerprint density at radius 1 is 1.03 bits per heavy atom. The number of hydrogen-bond acceptors (Lipinski definition) is 2. The molecule has 0 aliphatic rings. The number of halogens is 1. The van der Waals surface area contributed by atoms with Crippen molar-refractivity contribution in [2.75, 3.05) is 6.54 Å². The maximum Gasteiger partial charge on any atom is 0.242 e. The standard InChI is InChI=1S/C25H33BrN2O2/c1-4-6-16-27-25(30)19(3)28(18-22-8-7-9-23(26)17-22)24(29)15-14-21-12-10-20(5-2)11-13-21/h7-13,17,19H,4-6,14-16,18H2,1-3H3,(H,27,30)/t19-/m1/s1. The smallest absolute Gasteiger partial charge is 0.242 e. The van der Waals surface area contributed by atoms with E-state index < -0.39 is 6.04 Å². The second-order valence-electron chi connectivity index (χ2n) is 7.64. The van der Waals surface area contributed by atoms with Gasteiger partial charge in [-0.15, -0.1) is 0 Å². The molecule has 2 rings (SSSR count). The number of carbonyl (C=O) groups excluding carboxylic acids is 2. The monoisotopic (exact) mass is 472 g/mol. The molecule has 0 fully saturated rings. The van der Waals surface area contributed by atoms with Crippen molar-refractivity contribution >= 4 is 27.7 Å². The van der Waals surface area contributed by atoms with E-state index in [4.69, 9.17) is 0 Å². The number of rotatable bonds is 11. The molecule has 0 radical (unpaired) electrons. The lowest BCUT2D eigenvalue weighted by molar-refractivity contribution is -0.140. The molecule has 162 valence electrons. The van der Waals surface area contributed by atoms with E-state index in [9.17, 15) is 9.59 Å². The fourth-order valence-corrected chi connectivity index (χ4v) is 3.73. The molecular formula is C25H33BrN2O2. The lowest BCUT2D eigenvalue weighted by atomic mass is 10.0. The van der Waals surface area contributed by atoms with Crippen LogP contribution in [0.4, 0.5) is 0 Å². The Morgan fingerprint density at radius 3 is 2.37 bits per heavy atom. The highest BCUT2D eigenvalue weighted by Gasteiger charge is 2.25. The van der Waals surface area contributed by atoms with Crippen LogP contribution in [0.2, 0.25) is 0 Å². The molecule has 30 heavy (non-hydrogen) atoms. The molecular weight excluding hydrogens is 440 g/mol. The van der Waals surface area contributed by atoms with E-state index in [1.807, 2.05) is 31.2 Å². The van der Waals surface area contributed by atoms with Gasteiger partial charge in [0, 0.05) is 24.0 Å². The van der Waals surface area contributed by atoms with Gasteiger partial charge in [-0.3, -0.25) is 9.59 Å². The third-order valence-corrected chi connectivity index (χ3v) is 5.79. The van der Waals surface area contributed by atoms with E-state index in [0.717, 1.165) is 34.9 Å². The highest BCUT2D eigenvalue weighted by molar-refractivity contribution is 9.10. The van der Waals surface area contributed by atoms with Gasteiger partial charge in [-0.05, 0) is 55.0 Å². The minimum Gasteiger partial charge on any atom is -0.354 e. The Morgan fingerprint density at radius 2 is 1.73 bits per heavy atom. The van der Waals surface area contributed by atoms with Crippen molar-refractivity contribution in [2.24, 2.45) is 0 Å². The molecule has 0 aliphatic heterocycles. The molecule has 1 atom stereocenters. The molecule has 0 saturated heterocycles. The van der Waals surface area contributed by atoms with Crippen LogP contribution in [-0.2, 0) is 29.0 Å². The first-order valence-corrected chi connectivity index (χ1v) is 11.6. The topological polar surface area (TPSA) is 49.4 Å². The van der Waals surface area contributed by atoms with E-state index in [-0.39, 0.29) is 11.8 Å². The minimum absolute atomic E-state index is 0.00677. The number of carbonyl (C=O) groups is 2. The van der Waals surface area contributed by atoms with E-state index in [1.165, 1.54) is 5.56 Å². The number of benzene rings is 2. The number of aryl methyl sites for hydroxylation is 2. The number of nitrogens with zero attached hydrogens (tertiary/aromatic N) is 1. The van der Waals surface area contributed by atoms with Gasteiger partial charge in [0.25, 0.3) is 0 Å². The van der Waals surface area contributed by atoms with Crippen LogP contribution in [0.15, 0.2) is 53.0 Å². The molecule has 0 bridgehead atoms. The van der Waals surface area contributed by atoms with Crippen LogP contribution in [0.5, 0.6) is 0 Å². The predicted molar refractivity (Wildman–Crippen MR) is 126 cm³/mol. The minimum atomic E-state index is -0.518. The second kappa shape index (κ2) is 12.5. The quantitative estimate of drug-likeness (QED) is 0.452. The van der Waals surface area contributed by atoms with E-state index in [0.29, 0.717) is 25.9 Å². The largest absolute Gasteiger partial charge is 0.354 e. The molecule has 5 heteroatoms. The van der Waals surface area contributed by atoms with Gasteiger partial charge in [-0.2, -0.15) is 0 Å². The van der Waals surface area contributed by atoms with Crippen LogP contribution in [0, 0.1) is 0 Å². The Balaban J connectivity index is 2.09. The molecule has 4 nitrogen and oxygen atoms in total. The molecule has 0 heterocycles. The Hall–Kier alpha value is -2.14. The maximum atomic E-state index is 13.1. The van der Waals surface area contributed by atoms with Crippen LogP contribution in [0.1, 0.15) is 56.7 Å². The summed E-state index contributed by atoms with van der Waals surface area (Å²) in [5.74, 6) is -0.105. The third-order valence-electron chi connectivity index (χ3n) is 5.30. The molecule has 2 aromatic rings. The third kappa shape index (κ3) is 7.60. The van der Waals surface area contributed by atoms with Gasteiger partial charge < -0.3 is 10.2 Å². The summed E-state index contributed by atoms with van der Waals surface area (Å²) < 4.78 is 0.962. The Kier molecular flexibility index (Phi) is 10.1. The van der Waals surface area contributed by atoms with Crippen LogP contribution >= 0.6 is 15.9 Å². The Labute approximate surface area is 189 Å². The zero-order valence-corrected chi connectivity index (χ0v) is 19.9. The fourth-order valence-electron chi connectivity index (χ4n) is 3.29. The van der Waals surface area contributed by atoms with Crippen molar-refractivity contribution in [1.29, 1.82) is 0 Å². The molecule has 0 spiro atoms. The maximum absolute atomic E-state index is 13.1. The first kappa shape index (κ1) is 24.1. The van der Waals surface area contributed by atoms with Crippen LogP contribution in [0.25, 0.3) is 0 Å². The second-order valence-corrected chi connectivity index (χ2v) is 8.56. The van der Waals surface area contributed by atoms with Crippen molar-refractivity contribution < 1.29 is 9.59 Å². The van der Waals surface area contributed by atoms with Gasteiger partial charge in [0.1, 0.15) is 6.04 Å². The van der Waals surface area contributed by atoms with Gasteiger partial charge in [0.2, 0.25) is 11.8 Å². The number of nitrogens with one attached hydrogen (secondary N) is 1. The van der Waals surface area contributed by atoms with Crippen molar-refractivity contribution in [1.82, 2.24) is 10.2 Å². The number of amides is 2. The molecule has 0 aromatic heterocycles. The van der Waals surface area contributed by atoms with Gasteiger partial charge in [0.15, 0.2) is 0 Å². The van der Waals surface area contributed by atoms with Crippen LogP contribution in [0.3, 0.4) is 0 Å². The number of hydrogen-bond donors (Lipinski definition) is 1. The van der Waals surface area contributed by atoms with Gasteiger partial charge in [-0.25, -0.2) is 0 Å². The first-order chi connectivity index (χ1) is 14.4. The molecule has 0 aliphatic carbocycles. The lowest BCUT2D eigenvalue weighted by Crippen LogP contribution is -2.47. The molecule has 2 aromatic carbocycles. The summed E-state index contributed by atoms with van der Waals surface area (Å²) in [6.07, 6.45) is 4.01. The van der Waals surface area contributed by atoms with Crippen LogP contribution < -0.4 is 5.32 Å².